The highest BCUT2D eigenvalue weighted by molar-refractivity contribution is 7.14. The number of piperidine rings is 1. The van der Waals surface area contributed by atoms with E-state index in [1.165, 1.54) is 30.4 Å². The van der Waals surface area contributed by atoms with E-state index in [-0.39, 0.29) is 29.3 Å². The second kappa shape index (κ2) is 11.6. The summed E-state index contributed by atoms with van der Waals surface area (Å²) in [5.41, 5.74) is 2.87. The van der Waals surface area contributed by atoms with Crippen LogP contribution in [-0.2, 0) is 4.79 Å². The molecule has 1 N–H and O–H groups in total. The van der Waals surface area contributed by atoms with Gasteiger partial charge in [-0.1, -0.05) is 0 Å². The van der Waals surface area contributed by atoms with Gasteiger partial charge in [0.2, 0.25) is 5.91 Å². The summed E-state index contributed by atoms with van der Waals surface area (Å²) >= 11 is 1.54. The summed E-state index contributed by atoms with van der Waals surface area (Å²) in [6.45, 7) is 6.23. The largest absolute Gasteiger partial charge is 0.326 e. The van der Waals surface area contributed by atoms with E-state index in [4.69, 9.17) is 0 Å². The fourth-order valence-corrected chi connectivity index (χ4v) is 5.36. The van der Waals surface area contributed by atoms with Crippen molar-refractivity contribution in [3.05, 3.63) is 82.5 Å². The summed E-state index contributed by atoms with van der Waals surface area (Å²) < 4.78 is 13.2. The average Bonchev–Trinajstić information content (AvgIpc) is 3.30. The number of thiophene rings is 1. The number of aryl methyl sites for hydroxylation is 1. The van der Waals surface area contributed by atoms with Gasteiger partial charge in [-0.05, 0) is 98.4 Å². The molecule has 1 aliphatic rings. The Kier molecular flexibility index (Phi) is 8.28. The lowest BCUT2D eigenvalue weighted by Crippen LogP contribution is -2.42. The van der Waals surface area contributed by atoms with Crippen molar-refractivity contribution in [3.63, 3.8) is 0 Å². The third-order valence-electron chi connectivity index (χ3n) is 6.41. The number of nitrogens with zero attached hydrogens (tertiary/aromatic N) is 2. The predicted molar refractivity (Wildman–Crippen MR) is 141 cm³/mol. The highest BCUT2D eigenvalue weighted by Crippen LogP contribution is 2.27. The number of carbonyl (C=O) groups is 3. The summed E-state index contributed by atoms with van der Waals surface area (Å²) in [5, 5.41) is 5.64. The van der Waals surface area contributed by atoms with E-state index < -0.39 is 0 Å². The summed E-state index contributed by atoms with van der Waals surface area (Å²) in [7, 11) is 0. The number of carbonyl (C=O) groups excluding carboxylic acids is 3. The van der Waals surface area contributed by atoms with Gasteiger partial charge in [0, 0.05) is 42.7 Å². The Bertz CT molecular complexity index is 1220. The van der Waals surface area contributed by atoms with Gasteiger partial charge in [0.15, 0.2) is 5.78 Å². The van der Waals surface area contributed by atoms with Crippen molar-refractivity contribution >= 4 is 39.6 Å². The lowest BCUT2D eigenvalue weighted by Gasteiger charge is -2.33. The van der Waals surface area contributed by atoms with Gasteiger partial charge in [-0.3, -0.25) is 19.3 Å². The standard InChI is InChI=1S/C28H30FN3O3S/c1-19-17-26(36-18-19)32(28(35)23-5-9-25(10-6-23)30-20(2)33)16-15-31-13-11-22(12-14-31)27(34)21-3-7-24(29)8-4-21/h3-10,17-18,22H,11-16H2,1-2H3,(H,30,33). The molecule has 2 amide bonds. The summed E-state index contributed by atoms with van der Waals surface area (Å²) in [4.78, 5) is 41.6. The van der Waals surface area contributed by atoms with Crippen molar-refractivity contribution in [2.24, 2.45) is 5.92 Å². The van der Waals surface area contributed by atoms with Crippen LogP contribution >= 0.6 is 11.3 Å². The maximum Gasteiger partial charge on any atom is 0.258 e. The fraction of sp³-hybridized carbons (Fsp3) is 0.321. The van der Waals surface area contributed by atoms with Crippen molar-refractivity contribution in [1.82, 2.24) is 4.90 Å². The van der Waals surface area contributed by atoms with Crippen molar-refractivity contribution in [3.8, 4) is 0 Å². The third kappa shape index (κ3) is 6.44. The van der Waals surface area contributed by atoms with Gasteiger partial charge in [0.1, 0.15) is 5.82 Å². The number of amides is 2. The van der Waals surface area contributed by atoms with E-state index in [1.807, 2.05) is 18.4 Å². The molecule has 1 aromatic heterocycles. The van der Waals surface area contributed by atoms with Crippen LogP contribution in [0.25, 0.3) is 0 Å². The highest BCUT2D eigenvalue weighted by atomic mass is 32.1. The first kappa shape index (κ1) is 25.7. The topological polar surface area (TPSA) is 69.7 Å². The molecule has 188 valence electrons. The monoisotopic (exact) mass is 507 g/mol. The maximum atomic E-state index is 13.4. The average molecular weight is 508 g/mol. The molecule has 8 heteroatoms. The minimum Gasteiger partial charge on any atom is -0.326 e. The normalized spacial score (nSPS) is 14.4. The van der Waals surface area contributed by atoms with Crippen molar-refractivity contribution < 1.29 is 18.8 Å². The molecule has 0 unspecified atom stereocenters. The molecule has 2 aromatic carbocycles. The number of Topliss-reactive ketones (excluding diaryl/α,β-unsaturated/α-hetero) is 1. The lowest BCUT2D eigenvalue weighted by molar-refractivity contribution is -0.114. The SMILES string of the molecule is CC(=O)Nc1ccc(C(=O)N(CCN2CCC(C(=O)c3ccc(F)cc3)CC2)c2cc(C)cs2)cc1. The molecule has 0 atom stereocenters. The van der Waals surface area contributed by atoms with Crippen molar-refractivity contribution in [2.75, 3.05) is 36.4 Å². The van der Waals surface area contributed by atoms with Crippen LogP contribution in [0.5, 0.6) is 0 Å². The molecular weight excluding hydrogens is 477 g/mol. The lowest BCUT2D eigenvalue weighted by atomic mass is 9.89. The number of rotatable bonds is 8. The Hall–Kier alpha value is -3.36. The second-order valence-electron chi connectivity index (χ2n) is 9.16. The number of hydrogen-bond acceptors (Lipinski definition) is 5. The van der Waals surface area contributed by atoms with E-state index >= 15 is 0 Å². The molecule has 1 saturated heterocycles. The number of anilines is 2. The van der Waals surface area contributed by atoms with E-state index in [0.29, 0.717) is 29.9 Å². The van der Waals surface area contributed by atoms with Gasteiger partial charge in [0.05, 0.1) is 5.00 Å². The van der Waals surface area contributed by atoms with E-state index in [9.17, 15) is 18.8 Å². The molecule has 0 bridgehead atoms. The van der Waals surface area contributed by atoms with Crippen LogP contribution < -0.4 is 10.2 Å². The van der Waals surface area contributed by atoms with E-state index in [2.05, 4.69) is 10.2 Å². The molecule has 3 aromatic rings. The van der Waals surface area contributed by atoms with Crippen LogP contribution in [0, 0.1) is 18.7 Å². The van der Waals surface area contributed by atoms with Gasteiger partial charge >= 0.3 is 0 Å². The van der Waals surface area contributed by atoms with E-state index in [1.54, 1.807) is 41.3 Å². The minimum absolute atomic E-state index is 0.0634. The van der Waals surface area contributed by atoms with Crippen molar-refractivity contribution in [2.45, 2.75) is 26.7 Å². The van der Waals surface area contributed by atoms with Crippen LogP contribution in [0.4, 0.5) is 15.1 Å². The maximum absolute atomic E-state index is 13.4. The number of ketones is 1. The zero-order chi connectivity index (χ0) is 25.7. The first-order chi connectivity index (χ1) is 17.3. The fourth-order valence-electron chi connectivity index (χ4n) is 4.43. The molecule has 0 aliphatic carbocycles. The zero-order valence-corrected chi connectivity index (χ0v) is 21.3. The van der Waals surface area contributed by atoms with Crippen LogP contribution in [0.3, 0.4) is 0 Å². The van der Waals surface area contributed by atoms with Crippen LogP contribution in [0.1, 0.15) is 46.0 Å². The molecule has 0 radical (unpaired) electrons. The molecule has 2 heterocycles. The smallest absolute Gasteiger partial charge is 0.258 e. The number of hydrogen-bond donors (Lipinski definition) is 1. The summed E-state index contributed by atoms with van der Waals surface area (Å²) in [6.07, 6.45) is 1.49. The highest BCUT2D eigenvalue weighted by Gasteiger charge is 2.27. The number of halogens is 1. The number of likely N-dealkylation sites (tertiary alicyclic amines) is 1. The molecule has 6 nitrogen and oxygen atoms in total. The Morgan fingerprint density at radius 2 is 1.67 bits per heavy atom. The zero-order valence-electron chi connectivity index (χ0n) is 20.5. The summed E-state index contributed by atoms with van der Waals surface area (Å²) in [5.74, 6) is -0.583. The van der Waals surface area contributed by atoms with Gasteiger partial charge in [0.25, 0.3) is 5.91 Å². The molecule has 0 spiro atoms. The predicted octanol–water partition coefficient (Wildman–Crippen LogP) is 5.40. The van der Waals surface area contributed by atoms with Gasteiger partial charge in [-0.2, -0.15) is 0 Å². The third-order valence-corrected chi connectivity index (χ3v) is 7.48. The molecule has 4 rings (SSSR count). The Labute approximate surface area is 214 Å². The molecule has 1 aliphatic heterocycles. The second-order valence-corrected chi connectivity index (χ2v) is 10.1. The first-order valence-corrected chi connectivity index (χ1v) is 12.9. The first-order valence-electron chi connectivity index (χ1n) is 12.1. The molecule has 0 saturated carbocycles. The van der Waals surface area contributed by atoms with E-state index in [0.717, 1.165) is 36.5 Å². The van der Waals surface area contributed by atoms with Crippen LogP contribution in [-0.4, -0.2) is 48.7 Å². The van der Waals surface area contributed by atoms with Crippen LogP contribution in [0.15, 0.2) is 60.0 Å². The number of nitrogens with one attached hydrogen (secondary N) is 1. The van der Waals surface area contributed by atoms with Gasteiger partial charge < -0.3 is 10.2 Å². The quantitative estimate of drug-likeness (QED) is 0.415. The molecule has 36 heavy (non-hydrogen) atoms. The van der Waals surface area contributed by atoms with Crippen LogP contribution in [0.2, 0.25) is 0 Å². The molecule has 1 fully saturated rings. The van der Waals surface area contributed by atoms with Gasteiger partial charge in [-0.25, -0.2) is 4.39 Å². The minimum atomic E-state index is -0.343. The Morgan fingerprint density at radius 1 is 1.03 bits per heavy atom. The Balaban J connectivity index is 1.38. The Morgan fingerprint density at radius 3 is 2.25 bits per heavy atom. The summed E-state index contributed by atoms with van der Waals surface area (Å²) in [6, 6.07) is 14.7. The van der Waals surface area contributed by atoms with Crippen molar-refractivity contribution in [1.29, 1.82) is 0 Å². The van der Waals surface area contributed by atoms with Gasteiger partial charge in [-0.15, -0.1) is 11.3 Å². The number of benzene rings is 2. The molecular formula is C28H30FN3O3S.